The summed E-state index contributed by atoms with van der Waals surface area (Å²) in [5.74, 6) is 1.14. The maximum atomic E-state index is 12.2. The number of hydrogen-bond donors (Lipinski definition) is 1. The lowest BCUT2D eigenvalue weighted by molar-refractivity contribution is -0.128. The fraction of sp³-hybridized carbons (Fsp3) is 0.650. The molecule has 0 radical (unpaired) electrons. The Morgan fingerprint density at radius 1 is 1.21 bits per heavy atom. The molecule has 0 aromatic heterocycles. The second-order valence-electron chi connectivity index (χ2n) is 6.83. The van der Waals surface area contributed by atoms with Gasteiger partial charge in [0.05, 0.1) is 0 Å². The second kappa shape index (κ2) is 8.95. The second-order valence-corrected chi connectivity index (χ2v) is 6.83. The van der Waals surface area contributed by atoms with Crippen LogP contribution < -0.4 is 10.5 Å². The number of hydrogen-bond acceptors (Lipinski definition) is 2. The molecule has 4 heteroatoms. The lowest BCUT2D eigenvalue weighted by Crippen LogP contribution is -2.63. The molecule has 1 aliphatic rings. The van der Waals surface area contributed by atoms with Crippen LogP contribution in [0, 0.1) is 5.92 Å². The Balaban J connectivity index is 2.38. The standard InChI is InChI=1S/C20H32N2O2/c1-3-5-12-17(11-4-2)20(24-18-13-7-6-8-14-18)15-9-10-16-22(20)19(21)23/h6-8,13-14,17H,3-5,9-12,15-16H2,1-2H3,(H2,21,23). The van der Waals surface area contributed by atoms with E-state index in [1.807, 2.05) is 30.3 Å². The molecule has 0 spiro atoms. The van der Waals surface area contributed by atoms with Crippen LogP contribution in [-0.4, -0.2) is 23.2 Å². The van der Waals surface area contributed by atoms with Crippen molar-refractivity contribution in [3.05, 3.63) is 30.3 Å². The molecule has 0 aliphatic carbocycles. The van der Waals surface area contributed by atoms with E-state index in [1.54, 1.807) is 4.90 Å². The van der Waals surface area contributed by atoms with Crippen molar-refractivity contribution >= 4 is 6.03 Å². The molecule has 2 unspecified atom stereocenters. The zero-order chi connectivity index (χ0) is 17.4. The van der Waals surface area contributed by atoms with Gasteiger partial charge in [0.15, 0.2) is 5.72 Å². The van der Waals surface area contributed by atoms with Crippen molar-refractivity contribution in [1.82, 2.24) is 4.90 Å². The number of carbonyl (C=O) groups excluding carboxylic acids is 1. The third kappa shape index (κ3) is 4.22. The molecular formula is C20H32N2O2. The van der Waals surface area contributed by atoms with Crippen molar-refractivity contribution in [2.45, 2.75) is 70.9 Å². The highest BCUT2D eigenvalue weighted by molar-refractivity contribution is 5.73. The molecule has 24 heavy (non-hydrogen) atoms. The first kappa shape index (κ1) is 18.6. The highest BCUT2D eigenvalue weighted by Crippen LogP contribution is 2.41. The normalized spacial score (nSPS) is 22.2. The zero-order valence-electron chi connectivity index (χ0n) is 15.2. The van der Waals surface area contributed by atoms with Crippen molar-refractivity contribution in [1.29, 1.82) is 0 Å². The SMILES string of the molecule is CCCCC(CCC)C1(Oc2ccccc2)CCCCN1C(N)=O. The summed E-state index contributed by atoms with van der Waals surface area (Å²) in [4.78, 5) is 14.0. The van der Waals surface area contributed by atoms with Crippen LogP contribution in [-0.2, 0) is 0 Å². The first-order valence-corrected chi connectivity index (χ1v) is 9.45. The molecule has 0 saturated carbocycles. The molecule has 1 heterocycles. The Labute approximate surface area is 146 Å². The van der Waals surface area contributed by atoms with Crippen molar-refractivity contribution in [2.24, 2.45) is 11.7 Å². The van der Waals surface area contributed by atoms with E-state index in [2.05, 4.69) is 13.8 Å². The fourth-order valence-electron chi connectivity index (χ4n) is 3.97. The maximum absolute atomic E-state index is 12.2. The summed E-state index contributed by atoms with van der Waals surface area (Å²) < 4.78 is 6.55. The van der Waals surface area contributed by atoms with Crippen LogP contribution in [0.2, 0.25) is 0 Å². The topological polar surface area (TPSA) is 55.6 Å². The Morgan fingerprint density at radius 3 is 2.58 bits per heavy atom. The summed E-state index contributed by atoms with van der Waals surface area (Å²) in [5.41, 5.74) is 5.17. The lowest BCUT2D eigenvalue weighted by atomic mass is 9.80. The van der Waals surface area contributed by atoms with Gasteiger partial charge in [-0.15, -0.1) is 0 Å². The Morgan fingerprint density at radius 2 is 1.96 bits per heavy atom. The number of unbranched alkanes of at least 4 members (excludes halogenated alkanes) is 1. The van der Waals surface area contributed by atoms with Crippen LogP contribution in [0.15, 0.2) is 30.3 Å². The van der Waals surface area contributed by atoms with Gasteiger partial charge in [0.25, 0.3) is 0 Å². The predicted octanol–water partition coefficient (Wildman–Crippen LogP) is 4.93. The first-order valence-electron chi connectivity index (χ1n) is 9.45. The summed E-state index contributed by atoms with van der Waals surface area (Å²) in [6.07, 6.45) is 8.44. The van der Waals surface area contributed by atoms with E-state index in [1.165, 1.54) is 0 Å². The molecule has 4 nitrogen and oxygen atoms in total. The number of ether oxygens (including phenoxy) is 1. The van der Waals surface area contributed by atoms with Crippen LogP contribution in [0.3, 0.4) is 0 Å². The van der Waals surface area contributed by atoms with Crippen LogP contribution in [0.1, 0.15) is 65.2 Å². The number of nitrogens with zero attached hydrogens (tertiary/aromatic N) is 1. The number of para-hydroxylation sites is 1. The predicted molar refractivity (Wildman–Crippen MR) is 97.9 cm³/mol. The average Bonchev–Trinajstić information content (AvgIpc) is 2.59. The lowest BCUT2D eigenvalue weighted by Gasteiger charge is -2.50. The van der Waals surface area contributed by atoms with E-state index in [4.69, 9.17) is 10.5 Å². The largest absolute Gasteiger partial charge is 0.468 e. The molecule has 1 saturated heterocycles. The quantitative estimate of drug-likeness (QED) is 0.733. The van der Waals surface area contributed by atoms with Crippen LogP contribution in [0.5, 0.6) is 5.75 Å². The molecule has 2 rings (SSSR count). The molecule has 0 bridgehead atoms. The number of amides is 2. The summed E-state index contributed by atoms with van der Waals surface area (Å²) in [6.45, 7) is 5.10. The van der Waals surface area contributed by atoms with E-state index < -0.39 is 5.72 Å². The number of carbonyl (C=O) groups is 1. The third-order valence-electron chi connectivity index (χ3n) is 5.11. The molecule has 1 aromatic carbocycles. The van der Waals surface area contributed by atoms with E-state index in [0.29, 0.717) is 12.5 Å². The summed E-state index contributed by atoms with van der Waals surface area (Å²) in [6, 6.07) is 9.51. The smallest absolute Gasteiger partial charge is 0.317 e. The fourth-order valence-corrected chi connectivity index (χ4v) is 3.97. The monoisotopic (exact) mass is 332 g/mol. The Bertz CT molecular complexity index is 506. The van der Waals surface area contributed by atoms with Gasteiger partial charge in [-0.05, 0) is 37.8 Å². The van der Waals surface area contributed by atoms with Gasteiger partial charge >= 0.3 is 6.03 Å². The van der Waals surface area contributed by atoms with Crippen LogP contribution in [0.4, 0.5) is 4.79 Å². The van der Waals surface area contributed by atoms with Gasteiger partial charge in [-0.25, -0.2) is 4.79 Å². The van der Waals surface area contributed by atoms with Gasteiger partial charge in [0.2, 0.25) is 0 Å². The van der Waals surface area contributed by atoms with Gasteiger partial charge in [0, 0.05) is 18.9 Å². The molecule has 1 aliphatic heterocycles. The molecular weight excluding hydrogens is 300 g/mol. The van der Waals surface area contributed by atoms with E-state index in [9.17, 15) is 4.79 Å². The number of rotatable bonds is 8. The van der Waals surface area contributed by atoms with Gasteiger partial charge in [-0.3, -0.25) is 4.90 Å². The molecule has 2 amide bonds. The van der Waals surface area contributed by atoms with E-state index in [0.717, 1.165) is 57.1 Å². The van der Waals surface area contributed by atoms with Crippen molar-refractivity contribution < 1.29 is 9.53 Å². The van der Waals surface area contributed by atoms with Gasteiger partial charge in [0.1, 0.15) is 5.75 Å². The summed E-state index contributed by atoms with van der Waals surface area (Å²) in [5, 5.41) is 0. The number of urea groups is 1. The number of primary amides is 1. The Kier molecular flexibility index (Phi) is 6.95. The van der Waals surface area contributed by atoms with Gasteiger partial charge in [-0.1, -0.05) is 51.3 Å². The van der Waals surface area contributed by atoms with E-state index >= 15 is 0 Å². The van der Waals surface area contributed by atoms with E-state index in [-0.39, 0.29) is 6.03 Å². The first-order chi connectivity index (χ1) is 11.6. The molecule has 1 fully saturated rings. The molecule has 2 N–H and O–H groups in total. The maximum Gasteiger partial charge on any atom is 0.317 e. The third-order valence-corrected chi connectivity index (χ3v) is 5.11. The number of likely N-dealkylation sites (tertiary alicyclic amines) is 1. The number of benzene rings is 1. The van der Waals surface area contributed by atoms with Crippen LogP contribution in [0.25, 0.3) is 0 Å². The Hall–Kier alpha value is -1.71. The molecule has 2 atom stereocenters. The average molecular weight is 332 g/mol. The summed E-state index contributed by atoms with van der Waals surface area (Å²) in [7, 11) is 0. The van der Waals surface area contributed by atoms with Gasteiger partial charge in [-0.2, -0.15) is 0 Å². The molecule has 134 valence electrons. The highest BCUT2D eigenvalue weighted by atomic mass is 16.5. The minimum absolute atomic E-state index is 0.315. The zero-order valence-corrected chi connectivity index (χ0v) is 15.2. The number of piperidine rings is 1. The molecule has 1 aromatic rings. The minimum Gasteiger partial charge on any atom is -0.468 e. The minimum atomic E-state index is -0.601. The van der Waals surface area contributed by atoms with Crippen LogP contribution >= 0.6 is 0 Å². The van der Waals surface area contributed by atoms with Crippen molar-refractivity contribution in [3.63, 3.8) is 0 Å². The van der Waals surface area contributed by atoms with Gasteiger partial charge < -0.3 is 10.5 Å². The van der Waals surface area contributed by atoms with Crippen molar-refractivity contribution in [2.75, 3.05) is 6.54 Å². The highest BCUT2D eigenvalue weighted by Gasteiger charge is 2.48. The number of nitrogens with two attached hydrogens (primary N) is 1. The van der Waals surface area contributed by atoms with Crippen molar-refractivity contribution in [3.8, 4) is 5.75 Å². The summed E-state index contributed by atoms with van der Waals surface area (Å²) >= 11 is 0.